The van der Waals surface area contributed by atoms with E-state index >= 15 is 0 Å². The molecule has 1 amide bonds. The van der Waals surface area contributed by atoms with Crippen LogP contribution in [0.2, 0.25) is 5.02 Å². The second-order valence-electron chi connectivity index (χ2n) is 5.44. The molecule has 0 saturated heterocycles. The number of carbonyl (C=O) groups excluding carboxylic acids is 1. The monoisotopic (exact) mass is 414 g/mol. The van der Waals surface area contributed by atoms with Crippen molar-refractivity contribution in [3.63, 3.8) is 0 Å². The molecule has 9 heteroatoms. The molecule has 0 aliphatic carbocycles. The maximum atomic E-state index is 12.5. The third-order valence-electron chi connectivity index (χ3n) is 3.55. The molecule has 3 aromatic rings. The molecule has 1 heterocycles. The second kappa shape index (κ2) is 9.78. The lowest BCUT2D eigenvalue weighted by Crippen LogP contribution is -2.32. The number of hydrogen-bond donors (Lipinski definition) is 0. The van der Waals surface area contributed by atoms with E-state index in [9.17, 15) is 4.79 Å². The Balaban J connectivity index is 1.55. The number of aromatic nitrogens is 2. The highest BCUT2D eigenvalue weighted by Crippen LogP contribution is 2.25. The fourth-order valence-electron chi connectivity index (χ4n) is 2.26. The molecule has 7 nitrogen and oxygen atoms in total. The van der Waals surface area contributed by atoms with Crippen LogP contribution in [0.15, 0.2) is 64.2 Å². The van der Waals surface area contributed by atoms with Crippen molar-refractivity contribution in [1.82, 2.24) is 10.2 Å². The normalized spacial score (nSPS) is 10.3. The number of para-hydroxylation sites is 2. The number of ether oxygens (including phenoxy) is 1. The zero-order valence-corrected chi connectivity index (χ0v) is 16.2. The van der Waals surface area contributed by atoms with Gasteiger partial charge >= 0.3 is 0 Å². The highest BCUT2D eigenvalue weighted by molar-refractivity contribution is 7.99. The maximum absolute atomic E-state index is 12.5. The van der Waals surface area contributed by atoms with Crippen LogP contribution in [0.4, 0.5) is 5.69 Å². The van der Waals surface area contributed by atoms with Crippen molar-refractivity contribution >= 4 is 35.0 Å². The predicted molar refractivity (Wildman–Crippen MR) is 105 cm³/mol. The van der Waals surface area contributed by atoms with Gasteiger partial charge in [-0.15, -0.1) is 10.2 Å². The van der Waals surface area contributed by atoms with Gasteiger partial charge in [0.05, 0.1) is 16.8 Å². The highest BCUT2D eigenvalue weighted by atomic mass is 35.5. The molecule has 0 N–H and O–H groups in total. The molecule has 0 bridgehead atoms. The van der Waals surface area contributed by atoms with Gasteiger partial charge in [0.1, 0.15) is 12.3 Å². The van der Waals surface area contributed by atoms with Gasteiger partial charge in [0.25, 0.3) is 11.1 Å². The smallest absolute Gasteiger partial charge is 0.277 e. The molecule has 3 rings (SSSR count). The van der Waals surface area contributed by atoms with E-state index in [1.807, 2.05) is 30.3 Å². The average Bonchev–Trinajstić information content (AvgIpc) is 3.18. The van der Waals surface area contributed by atoms with Crippen LogP contribution in [0.25, 0.3) is 0 Å². The van der Waals surface area contributed by atoms with Crippen molar-refractivity contribution in [2.75, 3.05) is 17.2 Å². The Hall–Kier alpha value is -3.02. The number of amides is 1. The molecule has 0 fully saturated rings. The van der Waals surface area contributed by atoms with E-state index in [2.05, 4.69) is 10.2 Å². The van der Waals surface area contributed by atoms with Crippen LogP contribution in [0.5, 0.6) is 5.75 Å². The molecule has 0 aliphatic rings. The number of hydrogen-bond acceptors (Lipinski definition) is 7. The second-order valence-corrected chi connectivity index (χ2v) is 6.78. The molecule has 28 heavy (non-hydrogen) atoms. The summed E-state index contributed by atoms with van der Waals surface area (Å²) in [4.78, 5) is 13.9. The van der Waals surface area contributed by atoms with Gasteiger partial charge in [0, 0.05) is 5.69 Å². The van der Waals surface area contributed by atoms with Crippen molar-refractivity contribution in [2.24, 2.45) is 0 Å². The zero-order valence-electron chi connectivity index (χ0n) is 14.6. The molecule has 2 aromatic carbocycles. The van der Waals surface area contributed by atoms with Gasteiger partial charge in [-0.25, -0.2) is 0 Å². The fraction of sp³-hybridized carbons (Fsp3) is 0.158. The van der Waals surface area contributed by atoms with Gasteiger partial charge in [-0.05, 0) is 24.3 Å². The maximum Gasteiger partial charge on any atom is 0.277 e. The van der Waals surface area contributed by atoms with E-state index in [1.165, 1.54) is 4.90 Å². The Bertz CT molecular complexity index is 975. The highest BCUT2D eigenvalue weighted by Gasteiger charge is 2.17. The summed E-state index contributed by atoms with van der Waals surface area (Å²) in [7, 11) is 0. The number of thioether (sulfide) groups is 1. The number of carbonyl (C=O) groups is 1. The molecule has 0 spiro atoms. The Labute approximate surface area is 170 Å². The van der Waals surface area contributed by atoms with Crippen LogP contribution in [0.3, 0.4) is 0 Å². The van der Waals surface area contributed by atoms with Crippen LogP contribution in [0.1, 0.15) is 5.89 Å². The van der Waals surface area contributed by atoms with Gasteiger partial charge in [-0.1, -0.05) is 53.7 Å². The molecule has 0 unspecified atom stereocenters. The summed E-state index contributed by atoms with van der Waals surface area (Å²) in [6.45, 7) is 0.0278. The number of halogens is 1. The third-order valence-corrected chi connectivity index (χ3v) is 4.67. The van der Waals surface area contributed by atoms with Crippen molar-refractivity contribution < 1.29 is 13.9 Å². The summed E-state index contributed by atoms with van der Waals surface area (Å²) in [5, 5.41) is 17.5. The Morgan fingerprint density at radius 3 is 2.68 bits per heavy atom. The topological polar surface area (TPSA) is 92.2 Å². The van der Waals surface area contributed by atoms with Crippen LogP contribution >= 0.6 is 23.4 Å². The van der Waals surface area contributed by atoms with Gasteiger partial charge in [0.15, 0.2) is 6.61 Å². The fourth-order valence-corrected chi connectivity index (χ4v) is 3.11. The third kappa shape index (κ3) is 5.25. The Morgan fingerprint density at radius 1 is 1.18 bits per heavy atom. The first-order valence-electron chi connectivity index (χ1n) is 8.22. The first kappa shape index (κ1) is 19.7. The van der Waals surface area contributed by atoms with E-state index in [4.69, 9.17) is 26.0 Å². The van der Waals surface area contributed by atoms with Gasteiger partial charge in [-0.2, -0.15) is 5.26 Å². The number of rotatable bonds is 8. The van der Waals surface area contributed by atoms with Gasteiger partial charge in [0.2, 0.25) is 5.91 Å². The number of anilines is 1. The van der Waals surface area contributed by atoms with Crippen LogP contribution < -0.4 is 9.64 Å². The van der Waals surface area contributed by atoms with E-state index in [1.54, 1.807) is 30.3 Å². The lowest BCUT2D eigenvalue weighted by Gasteiger charge is -2.18. The standard InChI is InChI=1S/C19H15ClN4O3S/c20-15-8-4-5-9-16(15)26-12-17-22-23-19(27-17)28-13-18(25)24(11-10-21)14-6-2-1-3-7-14/h1-9H,11-13H2. The first-order chi connectivity index (χ1) is 13.7. The van der Waals surface area contributed by atoms with Crippen molar-refractivity contribution in [2.45, 2.75) is 11.8 Å². The summed E-state index contributed by atoms with van der Waals surface area (Å²) < 4.78 is 11.0. The molecule has 0 atom stereocenters. The van der Waals surface area contributed by atoms with Gasteiger partial charge in [-0.3, -0.25) is 9.69 Å². The molecular formula is C19H15ClN4O3S. The largest absolute Gasteiger partial charge is 0.482 e. The van der Waals surface area contributed by atoms with E-state index in [-0.39, 0.29) is 35.9 Å². The molecule has 1 aromatic heterocycles. The van der Waals surface area contributed by atoms with Crippen LogP contribution in [0, 0.1) is 11.3 Å². The Morgan fingerprint density at radius 2 is 1.93 bits per heavy atom. The minimum Gasteiger partial charge on any atom is -0.482 e. The van der Waals surface area contributed by atoms with E-state index in [0.717, 1.165) is 11.8 Å². The predicted octanol–water partition coefficient (Wildman–Crippen LogP) is 3.95. The molecular weight excluding hydrogens is 400 g/mol. The summed E-state index contributed by atoms with van der Waals surface area (Å²) in [6.07, 6.45) is 0. The lowest BCUT2D eigenvalue weighted by molar-refractivity contribution is -0.116. The minimum absolute atomic E-state index is 0.0375. The zero-order chi connectivity index (χ0) is 19.8. The van der Waals surface area contributed by atoms with E-state index in [0.29, 0.717) is 16.5 Å². The summed E-state index contributed by atoms with van der Waals surface area (Å²) in [6, 6.07) is 18.1. The van der Waals surface area contributed by atoms with Crippen molar-refractivity contribution in [1.29, 1.82) is 5.26 Å². The van der Waals surface area contributed by atoms with Crippen LogP contribution in [-0.4, -0.2) is 28.4 Å². The van der Waals surface area contributed by atoms with Crippen molar-refractivity contribution in [3.05, 3.63) is 65.5 Å². The lowest BCUT2D eigenvalue weighted by atomic mass is 10.3. The molecule has 0 radical (unpaired) electrons. The number of benzene rings is 2. The quantitative estimate of drug-likeness (QED) is 0.407. The number of nitrogens with zero attached hydrogens (tertiary/aromatic N) is 4. The van der Waals surface area contributed by atoms with Crippen LogP contribution in [-0.2, 0) is 11.4 Å². The molecule has 0 aliphatic heterocycles. The summed E-state index contributed by atoms with van der Waals surface area (Å²) in [5.41, 5.74) is 0.661. The molecule has 142 valence electrons. The SMILES string of the molecule is N#CCN(C(=O)CSc1nnc(COc2ccccc2Cl)o1)c1ccccc1. The number of nitriles is 1. The Kier molecular flexibility index (Phi) is 6.89. The minimum atomic E-state index is -0.232. The molecule has 0 saturated carbocycles. The van der Waals surface area contributed by atoms with Gasteiger partial charge < -0.3 is 9.15 Å². The summed E-state index contributed by atoms with van der Waals surface area (Å²) in [5.74, 6) is 0.613. The first-order valence-corrected chi connectivity index (χ1v) is 9.58. The average molecular weight is 415 g/mol. The summed E-state index contributed by atoms with van der Waals surface area (Å²) >= 11 is 7.13. The van der Waals surface area contributed by atoms with E-state index < -0.39 is 0 Å². The van der Waals surface area contributed by atoms with Crippen molar-refractivity contribution in [3.8, 4) is 11.8 Å².